The molecule has 0 saturated carbocycles. The van der Waals surface area contributed by atoms with E-state index in [4.69, 9.17) is 10.3 Å². The SMILES string of the molecule is Cl.Cl.NCc1nc(CN2CCN(c3ncnc4sccc34)CC2)no1. The number of anilines is 1. The molecule has 1 saturated heterocycles. The minimum atomic E-state index is 0. The second kappa shape index (κ2) is 8.72. The zero-order valence-electron chi connectivity index (χ0n) is 13.4. The summed E-state index contributed by atoms with van der Waals surface area (Å²) in [7, 11) is 0. The fourth-order valence-electron chi connectivity index (χ4n) is 2.78. The number of aromatic nitrogens is 4. The summed E-state index contributed by atoms with van der Waals surface area (Å²) in [6.45, 7) is 4.68. The Balaban J connectivity index is 0.00000113. The van der Waals surface area contributed by atoms with E-state index in [0.717, 1.165) is 42.2 Å². The number of halogens is 2. The first-order valence-electron chi connectivity index (χ1n) is 7.50. The summed E-state index contributed by atoms with van der Waals surface area (Å²) in [5.41, 5.74) is 5.49. The van der Waals surface area contributed by atoms with E-state index in [1.54, 1.807) is 17.7 Å². The maximum Gasteiger partial charge on any atom is 0.240 e. The van der Waals surface area contributed by atoms with E-state index in [9.17, 15) is 0 Å². The summed E-state index contributed by atoms with van der Waals surface area (Å²) in [4.78, 5) is 18.7. The van der Waals surface area contributed by atoms with Crippen molar-refractivity contribution >= 4 is 52.2 Å². The molecule has 0 atom stereocenters. The van der Waals surface area contributed by atoms with Crippen molar-refractivity contribution in [1.82, 2.24) is 25.0 Å². The highest BCUT2D eigenvalue weighted by molar-refractivity contribution is 7.16. The number of thiophene rings is 1. The van der Waals surface area contributed by atoms with Crippen LogP contribution in [0.1, 0.15) is 11.7 Å². The van der Waals surface area contributed by atoms with Gasteiger partial charge in [0.1, 0.15) is 17.0 Å². The van der Waals surface area contributed by atoms with Gasteiger partial charge in [0.2, 0.25) is 5.89 Å². The lowest BCUT2D eigenvalue weighted by atomic mass is 10.2. The van der Waals surface area contributed by atoms with E-state index < -0.39 is 0 Å². The minimum absolute atomic E-state index is 0. The van der Waals surface area contributed by atoms with E-state index in [0.29, 0.717) is 18.3 Å². The molecule has 11 heteroatoms. The molecular formula is C14H19Cl2N7OS. The Morgan fingerprint density at radius 1 is 1.16 bits per heavy atom. The fraction of sp³-hybridized carbons (Fsp3) is 0.429. The number of nitrogens with two attached hydrogens (primary N) is 1. The molecule has 1 aliphatic heterocycles. The standard InChI is InChI=1S/C14H17N7OS.2ClH/c15-7-12-18-11(19-22-12)8-20-2-4-21(5-3-20)13-10-1-6-23-14(10)17-9-16-13;;/h1,6,9H,2-5,7-8,15H2;2*1H. The van der Waals surface area contributed by atoms with Gasteiger partial charge in [0, 0.05) is 26.2 Å². The molecule has 0 unspecified atom stereocenters. The fourth-order valence-corrected chi connectivity index (χ4v) is 3.51. The van der Waals surface area contributed by atoms with E-state index in [1.807, 2.05) is 0 Å². The smallest absolute Gasteiger partial charge is 0.240 e. The van der Waals surface area contributed by atoms with Gasteiger partial charge in [-0.3, -0.25) is 4.90 Å². The molecule has 1 fully saturated rings. The molecule has 0 spiro atoms. The summed E-state index contributed by atoms with van der Waals surface area (Å²) < 4.78 is 5.05. The van der Waals surface area contributed by atoms with Crippen LogP contribution in [0.3, 0.4) is 0 Å². The molecule has 3 aromatic heterocycles. The van der Waals surface area contributed by atoms with Gasteiger partial charge >= 0.3 is 0 Å². The van der Waals surface area contributed by atoms with Crippen molar-refractivity contribution in [1.29, 1.82) is 0 Å². The van der Waals surface area contributed by atoms with Crippen molar-refractivity contribution < 1.29 is 4.52 Å². The second-order valence-corrected chi connectivity index (χ2v) is 6.30. The Bertz CT molecular complexity index is 803. The van der Waals surface area contributed by atoms with Gasteiger partial charge in [-0.05, 0) is 11.4 Å². The average Bonchev–Trinajstić information content (AvgIpc) is 3.24. The summed E-state index contributed by atoms with van der Waals surface area (Å²) in [5.74, 6) is 2.21. The van der Waals surface area contributed by atoms with Gasteiger partial charge in [0.25, 0.3) is 0 Å². The zero-order chi connectivity index (χ0) is 15.6. The van der Waals surface area contributed by atoms with Crippen molar-refractivity contribution in [2.45, 2.75) is 13.1 Å². The van der Waals surface area contributed by atoms with Crippen molar-refractivity contribution in [3.63, 3.8) is 0 Å². The van der Waals surface area contributed by atoms with Gasteiger partial charge in [-0.15, -0.1) is 36.2 Å². The van der Waals surface area contributed by atoms with Gasteiger partial charge in [-0.25, -0.2) is 9.97 Å². The van der Waals surface area contributed by atoms with Gasteiger partial charge in [0.05, 0.1) is 18.5 Å². The van der Waals surface area contributed by atoms with Crippen LogP contribution in [0.5, 0.6) is 0 Å². The number of hydrogen-bond acceptors (Lipinski definition) is 9. The van der Waals surface area contributed by atoms with Gasteiger partial charge in [-0.1, -0.05) is 5.16 Å². The lowest BCUT2D eigenvalue weighted by molar-refractivity contribution is 0.239. The van der Waals surface area contributed by atoms with Crippen molar-refractivity contribution in [3.05, 3.63) is 29.5 Å². The predicted octanol–water partition coefficient (Wildman–Crippen LogP) is 1.70. The molecule has 4 heterocycles. The van der Waals surface area contributed by atoms with Gasteiger partial charge < -0.3 is 15.2 Å². The molecule has 8 nitrogen and oxygen atoms in total. The quantitative estimate of drug-likeness (QED) is 0.702. The largest absolute Gasteiger partial charge is 0.353 e. The monoisotopic (exact) mass is 403 g/mol. The third kappa shape index (κ3) is 4.18. The lowest BCUT2D eigenvalue weighted by Crippen LogP contribution is -2.46. The first-order chi connectivity index (χ1) is 11.3. The van der Waals surface area contributed by atoms with E-state index in [2.05, 4.69) is 41.4 Å². The van der Waals surface area contributed by atoms with Crippen molar-refractivity contribution in [2.75, 3.05) is 31.1 Å². The van der Waals surface area contributed by atoms with Gasteiger partial charge in [-0.2, -0.15) is 4.98 Å². The Kier molecular flexibility index (Phi) is 6.91. The molecule has 0 radical (unpaired) electrons. The highest BCUT2D eigenvalue weighted by Crippen LogP contribution is 2.27. The molecular weight excluding hydrogens is 385 g/mol. The zero-order valence-corrected chi connectivity index (χ0v) is 15.8. The van der Waals surface area contributed by atoms with Gasteiger partial charge in [0.15, 0.2) is 5.82 Å². The molecule has 0 aromatic carbocycles. The number of rotatable bonds is 4. The topological polar surface area (TPSA) is 97.2 Å². The predicted molar refractivity (Wildman–Crippen MR) is 102 cm³/mol. The Morgan fingerprint density at radius 3 is 2.68 bits per heavy atom. The average molecular weight is 404 g/mol. The summed E-state index contributed by atoms with van der Waals surface area (Å²) in [6, 6.07) is 2.09. The maximum absolute atomic E-state index is 5.49. The first kappa shape index (κ1) is 19.8. The van der Waals surface area contributed by atoms with Crippen LogP contribution in [0.15, 0.2) is 22.3 Å². The molecule has 0 amide bonds. The third-order valence-corrected chi connectivity index (χ3v) is 4.78. The number of hydrogen-bond donors (Lipinski definition) is 1. The van der Waals surface area contributed by atoms with Crippen LogP contribution in [0.4, 0.5) is 5.82 Å². The van der Waals surface area contributed by atoms with Crippen LogP contribution in [-0.4, -0.2) is 51.2 Å². The van der Waals surface area contributed by atoms with Crippen LogP contribution in [0.25, 0.3) is 10.2 Å². The number of piperazine rings is 1. The van der Waals surface area contributed by atoms with E-state index >= 15 is 0 Å². The molecule has 25 heavy (non-hydrogen) atoms. The molecule has 4 rings (SSSR count). The van der Waals surface area contributed by atoms with Crippen LogP contribution in [-0.2, 0) is 13.1 Å². The summed E-state index contributed by atoms with van der Waals surface area (Å²) >= 11 is 1.65. The Morgan fingerprint density at radius 2 is 1.96 bits per heavy atom. The molecule has 0 bridgehead atoms. The van der Waals surface area contributed by atoms with Crippen molar-refractivity contribution in [3.8, 4) is 0 Å². The maximum atomic E-state index is 5.49. The molecule has 0 aliphatic carbocycles. The Labute approximate surface area is 161 Å². The van der Waals surface area contributed by atoms with Crippen molar-refractivity contribution in [2.24, 2.45) is 5.73 Å². The minimum Gasteiger partial charge on any atom is -0.353 e. The highest BCUT2D eigenvalue weighted by Gasteiger charge is 2.21. The molecule has 136 valence electrons. The van der Waals surface area contributed by atoms with Crippen LogP contribution >= 0.6 is 36.2 Å². The van der Waals surface area contributed by atoms with E-state index in [1.165, 1.54) is 0 Å². The number of nitrogens with zero attached hydrogens (tertiary/aromatic N) is 6. The molecule has 3 aromatic rings. The number of fused-ring (bicyclic) bond motifs is 1. The highest BCUT2D eigenvalue weighted by atomic mass is 35.5. The molecule has 1 aliphatic rings. The second-order valence-electron chi connectivity index (χ2n) is 5.41. The van der Waals surface area contributed by atoms with Crippen LogP contribution in [0.2, 0.25) is 0 Å². The summed E-state index contributed by atoms with van der Waals surface area (Å²) in [5, 5.41) is 7.15. The summed E-state index contributed by atoms with van der Waals surface area (Å²) in [6.07, 6.45) is 1.65. The lowest BCUT2D eigenvalue weighted by Gasteiger charge is -2.34. The Hall–Kier alpha value is -1.52. The van der Waals surface area contributed by atoms with Crippen LogP contribution < -0.4 is 10.6 Å². The molecule has 2 N–H and O–H groups in total. The first-order valence-corrected chi connectivity index (χ1v) is 8.38. The third-order valence-electron chi connectivity index (χ3n) is 3.96. The van der Waals surface area contributed by atoms with Crippen LogP contribution in [0, 0.1) is 0 Å². The normalized spacial score (nSPS) is 15.0. The van der Waals surface area contributed by atoms with E-state index in [-0.39, 0.29) is 31.4 Å².